The Morgan fingerprint density at radius 2 is 0.487 bits per heavy atom. The second-order valence-electron chi connectivity index (χ2n) is 22.0. The van der Waals surface area contributed by atoms with Gasteiger partial charge in [-0.3, -0.25) is 14.4 Å². The monoisotopic (exact) mass is 1110 g/mol. The molecule has 0 saturated heterocycles. The van der Waals surface area contributed by atoms with Crippen LogP contribution in [-0.4, -0.2) is 37.2 Å². The second-order valence-corrected chi connectivity index (χ2v) is 22.0. The number of hydrogen-bond donors (Lipinski definition) is 0. The van der Waals surface area contributed by atoms with Gasteiger partial charge in [-0.25, -0.2) is 0 Å². The number of rotatable bonds is 60. The zero-order valence-corrected chi connectivity index (χ0v) is 52.3. The van der Waals surface area contributed by atoms with Gasteiger partial charge in [0.25, 0.3) is 0 Å². The summed E-state index contributed by atoms with van der Waals surface area (Å²) in [6.07, 6.45) is 93.4. The van der Waals surface area contributed by atoms with Gasteiger partial charge in [0, 0.05) is 19.3 Å². The summed E-state index contributed by atoms with van der Waals surface area (Å²) in [5.41, 5.74) is 0. The molecule has 1 unspecified atom stereocenters. The van der Waals surface area contributed by atoms with Gasteiger partial charge >= 0.3 is 17.9 Å². The maximum atomic E-state index is 12.9. The van der Waals surface area contributed by atoms with Crippen molar-refractivity contribution >= 4 is 17.9 Å². The van der Waals surface area contributed by atoms with E-state index in [2.05, 4.69) is 142 Å². The Morgan fingerprint density at radius 1 is 0.263 bits per heavy atom. The maximum Gasteiger partial charge on any atom is 0.306 e. The Hall–Kier alpha value is -4.19. The lowest BCUT2D eigenvalue weighted by molar-refractivity contribution is -0.167. The predicted molar refractivity (Wildman–Crippen MR) is 348 cm³/mol. The van der Waals surface area contributed by atoms with Crippen LogP contribution in [-0.2, 0) is 28.6 Å². The molecule has 0 saturated carbocycles. The summed E-state index contributed by atoms with van der Waals surface area (Å²) in [4.78, 5) is 38.4. The number of carbonyl (C=O) groups is 3. The van der Waals surface area contributed by atoms with E-state index in [1.807, 2.05) is 0 Å². The molecule has 0 aromatic rings. The minimum atomic E-state index is -0.793. The summed E-state index contributed by atoms with van der Waals surface area (Å²) >= 11 is 0. The van der Waals surface area contributed by atoms with E-state index in [0.29, 0.717) is 19.3 Å². The molecular weight excluding hydrogens is 985 g/mol. The van der Waals surface area contributed by atoms with Crippen LogP contribution < -0.4 is 0 Å². The van der Waals surface area contributed by atoms with Crippen LogP contribution in [0.25, 0.3) is 0 Å². The van der Waals surface area contributed by atoms with Crippen molar-refractivity contribution in [3.8, 4) is 0 Å². The molecule has 1 atom stereocenters. The van der Waals surface area contributed by atoms with Crippen LogP contribution in [0.5, 0.6) is 0 Å². The second kappa shape index (κ2) is 67.3. The van der Waals surface area contributed by atoms with Crippen molar-refractivity contribution in [2.75, 3.05) is 13.2 Å². The molecule has 0 aromatic carbocycles. The third-order valence-electron chi connectivity index (χ3n) is 14.2. The largest absolute Gasteiger partial charge is 0.462 e. The van der Waals surface area contributed by atoms with Crippen LogP contribution in [0.3, 0.4) is 0 Å². The summed E-state index contributed by atoms with van der Waals surface area (Å²) in [5, 5.41) is 0. The van der Waals surface area contributed by atoms with Crippen molar-refractivity contribution in [3.63, 3.8) is 0 Å². The number of carbonyl (C=O) groups excluding carboxylic acids is 3. The van der Waals surface area contributed by atoms with Crippen molar-refractivity contribution in [3.05, 3.63) is 122 Å². The van der Waals surface area contributed by atoms with E-state index >= 15 is 0 Å². The van der Waals surface area contributed by atoms with E-state index in [0.717, 1.165) is 141 Å². The van der Waals surface area contributed by atoms with Crippen molar-refractivity contribution in [1.29, 1.82) is 0 Å². The van der Waals surface area contributed by atoms with Gasteiger partial charge in [-0.1, -0.05) is 303 Å². The molecule has 0 aliphatic rings. The third-order valence-corrected chi connectivity index (χ3v) is 14.2. The van der Waals surface area contributed by atoms with E-state index in [-0.39, 0.29) is 31.1 Å². The highest BCUT2D eigenvalue weighted by Gasteiger charge is 2.19. The van der Waals surface area contributed by atoms with Crippen LogP contribution in [0, 0.1) is 0 Å². The van der Waals surface area contributed by atoms with Crippen molar-refractivity contribution < 1.29 is 28.6 Å². The predicted octanol–water partition coefficient (Wildman–Crippen LogP) is 23.2. The van der Waals surface area contributed by atoms with Gasteiger partial charge in [-0.05, 0) is 109 Å². The average Bonchev–Trinajstić information content (AvgIpc) is 3.46. The number of unbranched alkanes of at least 4 members (excludes halogenated alkanes) is 29. The zero-order valence-electron chi connectivity index (χ0n) is 52.3. The first-order valence-corrected chi connectivity index (χ1v) is 33.5. The van der Waals surface area contributed by atoms with E-state index in [1.165, 1.54) is 128 Å². The lowest BCUT2D eigenvalue weighted by atomic mass is 10.0. The lowest BCUT2D eigenvalue weighted by Crippen LogP contribution is -2.30. The molecule has 0 radical (unpaired) electrons. The van der Waals surface area contributed by atoms with E-state index in [1.54, 1.807) is 0 Å². The maximum absolute atomic E-state index is 12.9. The van der Waals surface area contributed by atoms with Gasteiger partial charge in [0.15, 0.2) is 6.10 Å². The molecule has 0 bridgehead atoms. The first-order chi connectivity index (χ1) is 39.5. The third kappa shape index (κ3) is 64.6. The van der Waals surface area contributed by atoms with Crippen molar-refractivity contribution in [1.82, 2.24) is 0 Å². The van der Waals surface area contributed by atoms with Crippen LogP contribution in [0.2, 0.25) is 0 Å². The summed E-state index contributed by atoms with van der Waals surface area (Å²) in [5.74, 6) is -0.899. The molecule has 6 nitrogen and oxygen atoms in total. The number of ether oxygens (including phenoxy) is 3. The fraction of sp³-hybridized carbons (Fsp3) is 0.689. The molecule has 6 heteroatoms. The molecule has 0 rings (SSSR count). The Morgan fingerprint density at radius 3 is 0.762 bits per heavy atom. The number of allylic oxidation sites excluding steroid dienone is 20. The van der Waals surface area contributed by atoms with E-state index in [9.17, 15) is 14.4 Å². The fourth-order valence-electron chi connectivity index (χ4n) is 9.26. The molecule has 0 heterocycles. The topological polar surface area (TPSA) is 78.9 Å². The van der Waals surface area contributed by atoms with Crippen LogP contribution in [0.1, 0.15) is 310 Å². The van der Waals surface area contributed by atoms with Crippen LogP contribution in [0.15, 0.2) is 122 Å². The standard InChI is InChI=1S/C74H124O6/c1-4-7-10-13-16-19-22-25-28-31-33-34-35-36-37-38-39-40-42-43-46-49-52-55-58-61-64-67-73(76)79-70-71(69-78-72(75)66-63-60-57-54-51-48-45-30-27-24-21-18-15-12-9-6-3)80-74(77)68-65-62-59-56-53-50-47-44-41-32-29-26-23-20-17-14-11-8-5-2/h7-8,10-11,16-17,19-20,25-26,28-29,33-34,36-37,39-41,44,71H,4-6,9,12-15,18,21-24,27,30-32,35,38,42-43,45-70H2,1-3H3/b10-7-,11-8-,19-16-,20-17-,28-25-,29-26-,34-33-,37-36-,40-39-,44-41-. The smallest absolute Gasteiger partial charge is 0.306 e. The molecule has 456 valence electrons. The zero-order chi connectivity index (χ0) is 57.8. The summed E-state index contributed by atoms with van der Waals surface area (Å²) < 4.78 is 17.0. The Labute approximate surface area is 494 Å². The number of esters is 3. The Kier molecular flexibility index (Phi) is 63.8. The lowest BCUT2D eigenvalue weighted by Gasteiger charge is -2.18. The molecule has 0 aliphatic carbocycles. The number of hydrogen-bond acceptors (Lipinski definition) is 6. The molecule has 0 fully saturated rings. The summed E-state index contributed by atoms with van der Waals surface area (Å²) in [6, 6.07) is 0. The Bertz CT molecular complexity index is 1650. The SMILES string of the molecule is CC/C=C\C/C=C\C/C=C\C/C=C\C/C=C\C/C=C\CCCCCCCCCCC(=O)OCC(COC(=O)CCCCCCCCCCCCCCCCCC)OC(=O)CCCCCCCC/C=C\C/C=C\C/C=C\C/C=C\CC. The fourth-order valence-corrected chi connectivity index (χ4v) is 9.26. The minimum Gasteiger partial charge on any atom is -0.462 e. The van der Waals surface area contributed by atoms with Crippen molar-refractivity contribution in [2.24, 2.45) is 0 Å². The van der Waals surface area contributed by atoms with Gasteiger partial charge < -0.3 is 14.2 Å². The average molecular weight is 1110 g/mol. The van der Waals surface area contributed by atoms with Gasteiger partial charge in [0.2, 0.25) is 0 Å². The van der Waals surface area contributed by atoms with Gasteiger partial charge in [-0.2, -0.15) is 0 Å². The van der Waals surface area contributed by atoms with Gasteiger partial charge in [-0.15, -0.1) is 0 Å². The molecular formula is C74H124O6. The van der Waals surface area contributed by atoms with E-state index in [4.69, 9.17) is 14.2 Å². The molecule has 0 N–H and O–H groups in total. The molecule has 0 aliphatic heterocycles. The molecule has 0 amide bonds. The first-order valence-electron chi connectivity index (χ1n) is 33.5. The highest BCUT2D eigenvalue weighted by Crippen LogP contribution is 2.16. The minimum absolute atomic E-state index is 0.0859. The van der Waals surface area contributed by atoms with Crippen molar-refractivity contribution in [2.45, 2.75) is 316 Å². The molecule has 80 heavy (non-hydrogen) atoms. The molecule has 0 spiro atoms. The Balaban J connectivity index is 4.39. The highest BCUT2D eigenvalue weighted by atomic mass is 16.6. The normalized spacial score (nSPS) is 12.9. The van der Waals surface area contributed by atoms with Crippen LogP contribution in [0.4, 0.5) is 0 Å². The molecule has 0 aromatic heterocycles. The van der Waals surface area contributed by atoms with Gasteiger partial charge in [0.05, 0.1) is 0 Å². The first kappa shape index (κ1) is 75.8. The van der Waals surface area contributed by atoms with Crippen LogP contribution >= 0.6 is 0 Å². The summed E-state index contributed by atoms with van der Waals surface area (Å²) in [6.45, 7) is 6.42. The van der Waals surface area contributed by atoms with E-state index < -0.39 is 6.10 Å². The highest BCUT2D eigenvalue weighted by molar-refractivity contribution is 5.71. The van der Waals surface area contributed by atoms with Gasteiger partial charge in [0.1, 0.15) is 13.2 Å². The quantitative estimate of drug-likeness (QED) is 0.0261. The summed E-state index contributed by atoms with van der Waals surface area (Å²) in [7, 11) is 0.